The number of nitrogens with zero attached hydrogens (tertiary/aromatic N) is 4. The van der Waals surface area contributed by atoms with Crippen molar-refractivity contribution in [3.8, 4) is 17.4 Å². The zero-order chi connectivity index (χ0) is 26.6. The van der Waals surface area contributed by atoms with Crippen LogP contribution in [0, 0.1) is 0 Å². The molecule has 4 aromatic rings. The van der Waals surface area contributed by atoms with Crippen molar-refractivity contribution in [1.29, 1.82) is 0 Å². The zero-order valence-electron chi connectivity index (χ0n) is 19.9. The minimum atomic E-state index is -0.864. The van der Waals surface area contributed by atoms with Crippen molar-refractivity contribution in [2.24, 2.45) is 4.99 Å². The number of Topliss-reactive ketones (excluding diaryl/α,β-unsaturated/α-hetero) is 1. The number of anilines is 1. The number of halogens is 1. The van der Waals surface area contributed by atoms with Crippen LogP contribution in [0.1, 0.15) is 16.1 Å². The molecule has 3 aromatic carbocycles. The van der Waals surface area contributed by atoms with E-state index < -0.39 is 11.7 Å². The fraction of sp³-hybridized carbons (Fsp3) is 0.0741. The van der Waals surface area contributed by atoms with Crippen LogP contribution in [0.4, 0.5) is 5.69 Å². The molecule has 0 unspecified atom stereocenters. The summed E-state index contributed by atoms with van der Waals surface area (Å²) in [7, 11) is 1.53. The Morgan fingerprint density at radius 2 is 1.89 bits per heavy atom. The van der Waals surface area contributed by atoms with Crippen LogP contribution in [-0.4, -0.2) is 35.0 Å². The predicted octanol–water partition coefficient (Wildman–Crippen LogP) is 4.05. The van der Waals surface area contributed by atoms with Crippen molar-refractivity contribution in [1.82, 2.24) is 5.27 Å². The SMILES string of the molecule is COc1ccc(-[n+]2noc([O-])c2C(=O)CSC2=N/C(=C/c3cccc(Cl)c3)C(=O)N2c2ccccc2)cc1. The van der Waals surface area contributed by atoms with Gasteiger partial charge in [0.1, 0.15) is 11.4 Å². The number of hydrogen-bond acceptors (Lipinski definition) is 8. The molecule has 0 atom stereocenters. The summed E-state index contributed by atoms with van der Waals surface area (Å²) in [5.41, 5.74) is 1.70. The van der Waals surface area contributed by atoms with Gasteiger partial charge < -0.3 is 14.4 Å². The lowest BCUT2D eigenvalue weighted by Gasteiger charge is -2.17. The van der Waals surface area contributed by atoms with Gasteiger partial charge in [-0.05, 0) is 52.7 Å². The molecule has 0 aliphatic carbocycles. The first-order valence-electron chi connectivity index (χ1n) is 11.3. The van der Waals surface area contributed by atoms with Gasteiger partial charge in [-0.15, -0.1) is 0 Å². The number of methoxy groups -OCH3 is 1. The number of ether oxygens (including phenoxy) is 1. The summed E-state index contributed by atoms with van der Waals surface area (Å²) in [4.78, 5) is 32.5. The molecule has 11 heteroatoms. The smallest absolute Gasteiger partial charge is 0.307 e. The number of amides is 1. The molecule has 2 heterocycles. The van der Waals surface area contributed by atoms with Crippen molar-refractivity contribution >= 4 is 52.0 Å². The summed E-state index contributed by atoms with van der Waals surface area (Å²) in [5, 5.41) is 16.9. The number of carbonyl (C=O) groups excluding carboxylic acids is 2. The number of ketones is 1. The van der Waals surface area contributed by atoms with Crippen LogP contribution < -0.4 is 19.4 Å². The van der Waals surface area contributed by atoms with Crippen molar-refractivity contribution in [2.45, 2.75) is 0 Å². The first-order valence-corrected chi connectivity index (χ1v) is 12.7. The Balaban J connectivity index is 1.43. The topological polar surface area (TPSA) is 112 Å². The highest BCUT2D eigenvalue weighted by Gasteiger charge is 2.34. The van der Waals surface area contributed by atoms with Gasteiger partial charge in [0.15, 0.2) is 11.1 Å². The van der Waals surface area contributed by atoms with Gasteiger partial charge in [-0.1, -0.05) is 53.7 Å². The van der Waals surface area contributed by atoms with Crippen LogP contribution >= 0.6 is 23.4 Å². The molecule has 1 amide bonds. The van der Waals surface area contributed by atoms with E-state index in [4.69, 9.17) is 20.9 Å². The number of aromatic nitrogens is 2. The van der Waals surface area contributed by atoms with Crippen LogP contribution in [0.15, 0.2) is 94.1 Å². The number of benzene rings is 3. The fourth-order valence-corrected chi connectivity index (χ4v) is 4.81. The highest BCUT2D eigenvalue weighted by atomic mass is 35.5. The van der Waals surface area contributed by atoms with Gasteiger partial charge in [0.2, 0.25) is 11.5 Å². The molecule has 0 N–H and O–H groups in total. The molecule has 190 valence electrons. The molecule has 0 fully saturated rings. The molecule has 1 aliphatic rings. The van der Waals surface area contributed by atoms with Crippen LogP contribution in [-0.2, 0) is 4.79 Å². The van der Waals surface area contributed by atoms with E-state index in [1.807, 2.05) is 12.1 Å². The van der Waals surface area contributed by atoms with E-state index >= 15 is 0 Å². The van der Waals surface area contributed by atoms with Crippen molar-refractivity contribution < 1.29 is 28.6 Å². The Kier molecular flexibility index (Phi) is 7.25. The number of carbonyl (C=O) groups is 2. The highest BCUT2D eigenvalue weighted by Crippen LogP contribution is 2.30. The van der Waals surface area contributed by atoms with Crippen LogP contribution in [0.25, 0.3) is 11.8 Å². The Labute approximate surface area is 226 Å². The van der Waals surface area contributed by atoms with E-state index in [0.717, 1.165) is 16.4 Å². The molecular formula is C27H19ClN4O5S. The maximum atomic E-state index is 13.3. The molecule has 1 aliphatic heterocycles. The maximum Gasteiger partial charge on any atom is 0.307 e. The van der Waals surface area contributed by atoms with Crippen molar-refractivity contribution in [3.05, 3.63) is 101 Å². The monoisotopic (exact) mass is 546 g/mol. The molecule has 9 nitrogen and oxygen atoms in total. The number of hydrogen-bond donors (Lipinski definition) is 0. The summed E-state index contributed by atoms with van der Waals surface area (Å²) in [6.07, 6.45) is 1.63. The lowest BCUT2D eigenvalue weighted by atomic mass is 10.2. The molecule has 5 rings (SSSR count). The summed E-state index contributed by atoms with van der Waals surface area (Å²) in [6.45, 7) is 0. The molecular weight excluding hydrogens is 528 g/mol. The normalized spacial score (nSPS) is 14.2. The zero-order valence-corrected chi connectivity index (χ0v) is 21.5. The third-order valence-electron chi connectivity index (χ3n) is 5.52. The third kappa shape index (κ3) is 5.17. The lowest BCUT2D eigenvalue weighted by Crippen LogP contribution is -2.39. The summed E-state index contributed by atoms with van der Waals surface area (Å²) < 4.78 is 11.1. The van der Waals surface area contributed by atoms with E-state index in [-0.39, 0.29) is 23.1 Å². The van der Waals surface area contributed by atoms with Crippen LogP contribution in [0.2, 0.25) is 5.02 Å². The van der Waals surface area contributed by atoms with Gasteiger partial charge in [-0.3, -0.25) is 14.5 Å². The van der Waals surface area contributed by atoms with E-state index in [1.165, 1.54) is 12.0 Å². The van der Waals surface area contributed by atoms with Gasteiger partial charge in [-0.25, -0.2) is 4.99 Å². The molecule has 0 radical (unpaired) electrons. The molecule has 0 saturated carbocycles. The first-order chi connectivity index (χ1) is 18.4. The Morgan fingerprint density at radius 3 is 2.61 bits per heavy atom. The Morgan fingerprint density at radius 1 is 1.13 bits per heavy atom. The fourth-order valence-electron chi connectivity index (χ4n) is 3.73. The molecule has 1 aromatic heterocycles. The third-order valence-corrected chi connectivity index (χ3v) is 6.69. The van der Waals surface area contributed by atoms with Gasteiger partial charge in [0, 0.05) is 17.2 Å². The van der Waals surface area contributed by atoms with Gasteiger partial charge in [0.05, 0.1) is 23.8 Å². The number of thioether (sulfide) groups is 1. The largest absolute Gasteiger partial charge is 0.539 e. The standard InChI is InChI=1S/C27H19ClN4O5S/c1-36-21-12-10-20(11-13-21)32-24(26(35)37-30-32)23(33)16-38-27-29-22(15-17-6-5-7-18(28)14-17)25(34)31(27)19-8-3-2-4-9-19/h2-15H,16H2,1H3/b22-15+. The van der Waals surface area contributed by atoms with Gasteiger partial charge in [0.25, 0.3) is 5.91 Å². The maximum absolute atomic E-state index is 13.3. The van der Waals surface area contributed by atoms with E-state index in [2.05, 4.69) is 10.3 Å². The molecule has 38 heavy (non-hydrogen) atoms. The van der Waals surface area contributed by atoms with Crippen LogP contribution in [0.3, 0.4) is 0 Å². The Bertz CT molecular complexity index is 1570. The molecule has 0 bridgehead atoms. The van der Waals surface area contributed by atoms with E-state index in [9.17, 15) is 14.7 Å². The van der Waals surface area contributed by atoms with Gasteiger partial charge >= 0.3 is 5.69 Å². The van der Waals surface area contributed by atoms with E-state index in [0.29, 0.717) is 32.9 Å². The number of aliphatic imine (C=N–C) groups is 1. The molecule has 0 spiro atoms. The minimum absolute atomic E-state index is 0.188. The average Bonchev–Trinajstić information content (AvgIpc) is 3.47. The summed E-state index contributed by atoms with van der Waals surface area (Å²) in [5.74, 6) is -1.33. The van der Waals surface area contributed by atoms with Crippen molar-refractivity contribution in [2.75, 3.05) is 17.8 Å². The second-order valence-electron chi connectivity index (χ2n) is 7.99. The highest BCUT2D eigenvalue weighted by molar-refractivity contribution is 8.14. The quantitative estimate of drug-likeness (QED) is 0.195. The predicted molar refractivity (Wildman–Crippen MR) is 142 cm³/mol. The number of amidine groups is 1. The summed E-state index contributed by atoms with van der Waals surface area (Å²) in [6, 6.07) is 22.7. The second-order valence-corrected chi connectivity index (χ2v) is 9.36. The van der Waals surface area contributed by atoms with Crippen molar-refractivity contribution in [3.63, 3.8) is 0 Å². The lowest BCUT2D eigenvalue weighted by molar-refractivity contribution is -0.672. The number of rotatable bonds is 7. The summed E-state index contributed by atoms with van der Waals surface area (Å²) >= 11 is 7.12. The van der Waals surface area contributed by atoms with Crippen LogP contribution in [0.5, 0.6) is 11.7 Å². The number of para-hydroxylation sites is 1. The molecule has 0 saturated heterocycles. The van der Waals surface area contributed by atoms with Gasteiger partial charge in [-0.2, -0.15) is 0 Å². The average molecular weight is 547 g/mol. The second kappa shape index (κ2) is 10.9. The minimum Gasteiger partial charge on any atom is -0.539 e. The Hall–Kier alpha value is -4.41. The first kappa shape index (κ1) is 25.2. The van der Waals surface area contributed by atoms with E-state index in [1.54, 1.807) is 72.8 Å².